The van der Waals surface area contributed by atoms with Crippen LogP contribution in [0.15, 0.2) is 0 Å². The second-order valence-electron chi connectivity index (χ2n) is 5.01. The van der Waals surface area contributed by atoms with E-state index in [1.54, 1.807) is 4.90 Å². The lowest BCUT2D eigenvalue weighted by molar-refractivity contribution is -0.131. The third-order valence-corrected chi connectivity index (χ3v) is 2.87. The van der Waals surface area contributed by atoms with E-state index in [0.29, 0.717) is 12.3 Å². The van der Waals surface area contributed by atoms with Crippen LogP contribution in [0.5, 0.6) is 0 Å². The molecule has 0 saturated heterocycles. The van der Waals surface area contributed by atoms with Crippen molar-refractivity contribution >= 4 is 5.91 Å². The van der Waals surface area contributed by atoms with Crippen molar-refractivity contribution in [1.29, 1.82) is 0 Å². The van der Waals surface area contributed by atoms with Gasteiger partial charge in [0.25, 0.3) is 0 Å². The van der Waals surface area contributed by atoms with Crippen molar-refractivity contribution in [3.05, 3.63) is 0 Å². The van der Waals surface area contributed by atoms with Crippen molar-refractivity contribution < 1.29 is 9.90 Å². The molecular formula is C11H21NO2. The third kappa shape index (κ3) is 2.98. The molecule has 1 aliphatic rings. The van der Waals surface area contributed by atoms with Gasteiger partial charge in [-0.05, 0) is 18.8 Å². The van der Waals surface area contributed by atoms with E-state index in [1.165, 1.54) is 0 Å². The van der Waals surface area contributed by atoms with Gasteiger partial charge in [0.15, 0.2) is 0 Å². The summed E-state index contributed by atoms with van der Waals surface area (Å²) in [6, 6.07) is 0. The van der Waals surface area contributed by atoms with Crippen molar-refractivity contribution in [3.8, 4) is 0 Å². The van der Waals surface area contributed by atoms with E-state index in [4.69, 9.17) is 5.11 Å². The molecule has 3 heteroatoms. The molecule has 1 N–H and O–H groups in total. The summed E-state index contributed by atoms with van der Waals surface area (Å²) < 4.78 is 0. The summed E-state index contributed by atoms with van der Waals surface area (Å²) in [5, 5.41) is 9.13. The maximum atomic E-state index is 11.6. The Kier molecular flexibility index (Phi) is 3.53. The van der Waals surface area contributed by atoms with Gasteiger partial charge < -0.3 is 10.0 Å². The van der Waals surface area contributed by atoms with E-state index in [2.05, 4.69) is 0 Å². The van der Waals surface area contributed by atoms with Crippen LogP contribution >= 0.6 is 0 Å². The minimum atomic E-state index is 0.0430. The molecule has 3 nitrogen and oxygen atoms in total. The van der Waals surface area contributed by atoms with Crippen molar-refractivity contribution in [2.24, 2.45) is 11.3 Å². The van der Waals surface area contributed by atoms with Gasteiger partial charge in [-0.15, -0.1) is 0 Å². The molecule has 0 atom stereocenters. The van der Waals surface area contributed by atoms with Gasteiger partial charge in [-0.2, -0.15) is 0 Å². The first-order chi connectivity index (χ1) is 6.49. The number of hydrogen-bond acceptors (Lipinski definition) is 2. The van der Waals surface area contributed by atoms with Gasteiger partial charge in [0.2, 0.25) is 5.91 Å². The lowest BCUT2D eigenvalue weighted by atomic mass is 10.1. The molecule has 0 unspecified atom stereocenters. The molecule has 0 aromatic carbocycles. The molecule has 1 aliphatic carbocycles. The quantitative estimate of drug-likeness (QED) is 0.724. The summed E-state index contributed by atoms with van der Waals surface area (Å²) >= 11 is 0. The fourth-order valence-electron chi connectivity index (χ4n) is 1.64. The maximum absolute atomic E-state index is 11.6. The van der Waals surface area contributed by atoms with Gasteiger partial charge in [0.05, 0.1) is 6.61 Å². The minimum Gasteiger partial charge on any atom is -0.396 e. The van der Waals surface area contributed by atoms with Crippen LogP contribution in [0.3, 0.4) is 0 Å². The Morgan fingerprint density at radius 3 is 2.43 bits per heavy atom. The lowest BCUT2D eigenvalue weighted by Gasteiger charge is -2.23. The van der Waals surface area contributed by atoms with Crippen LogP contribution in [0, 0.1) is 11.3 Å². The molecule has 0 bridgehead atoms. The van der Waals surface area contributed by atoms with E-state index < -0.39 is 0 Å². The predicted octanol–water partition coefficient (Wildman–Crippen LogP) is 1.26. The Balaban J connectivity index is 2.34. The zero-order valence-electron chi connectivity index (χ0n) is 9.42. The highest BCUT2D eigenvalue weighted by molar-refractivity contribution is 5.76. The number of carbonyl (C=O) groups excluding carboxylic acids is 1. The minimum absolute atomic E-state index is 0.0430. The number of hydrogen-bond donors (Lipinski definition) is 1. The van der Waals surface area contributed by atoms with Crippen molar-refractivity contribution in [2.75, 3.05) is 20.2 Å². The Morgan fingerprint density at radius 2 is 2.07 bits per heavy atom. The highest BCUT2D eigenvalue weighted by Gasteiger charge is 2.43. The molecule has 0 radical (unpaired) electrons. The van der Waals surface area contributed by atoms with Gasteiger partial charge in [-0.25, -0.2) is 0 Å². The van der Waals surface area contributed by atoms with Crippen LogP contribution in [0.25, 0.3) is 0 Å². The zero-order chi connectivity index (χ0) is 10.8. The topological polar surface area (TPSA) is 40.5 Å². The van der Waals surface area contributed by atoms with Crippen molar-refractivity contribution in [3.63, 3.8) is 0 Å². The largest absolute Gasteiger partial charge is 0.396 e. The van der Waals surface area contributed by atoms with Crippen LogP contribution in [0.4, 0.5) is 0 Å². The average molecular weight is 199 g/mol. The molecule has 0 aromatic heterocycles. The van der Waals surface area contributed by atoms with Crippen LogP contribution in [0.2, 0.25) is 0 Å². The van der Waals surface area contributed by atoms with Crippen LogP contribution in [-0.4, -0.2) is 36.1 Å². The first-order valence-corrected chi connectivity index (χ1v) is 5.34. The van der Waals surface area contributed by atoms with Crippen LogP contribution < -0.4 is 0 Å². The van der Waals surface area contributed by atoms with Gasteiger partial charge in [0, 0.05) is 25.4 Å². The summed E-state index contributed by atoms with van der Waals surface area (Å²) in [6.07, 6.45) is 2.73. The van der Waals surface area contributed by atoms with Gasteiger partial charge in [0.1, 0.15) is 0 Å². The third-order valence-electron chi connectivity index (χ3n) is 2.87. The smallest absolute Gasteiger partial charge is 0.222 e. The molecule has 1 fully saturated rings. The van der Waals surface area contributed by atoms with Crippen LogP contribution in [-0.2, 0) is 4.79 Å². The fraction of sp³-hybridized carbons (Fsp3) is 0.909. The molecule has 1 amide bonds. The van der Waals surface area contributed by atoms with E-state index in [-0.39, 0.29) is 17.9 Å². The van der Waals surface area contributed by atoms with Gasteiger partial charge in [-0.1, -0.05) is 13.8 Å². The maximum Gasteiger partial charge on any atom is 0.222 e. The summed E-state index contributed by atoms with van der Waals surface area (Å²) in [6.45, 7) is 5.02. The van der Waals surface area contributed by atoms with Gasteiger partial charge >= 0.3 is 0 Å². The average Bonchev–Trinajstić information content (AvgIpc) is 2.84. The number of nitrogens with zero attached hydrogens (tertiary/aromatic N) is 1. The molecule has 0 spiro atoms. The van der Waals surface area contributed by atoms with E-state index in [1.807, 2.05) is 20.9 Å². The normalized spacial score (nSPS) is 18.4. The Hall–Kier alpha value is -0.570. The Morgan fingerprint density at radius 1 is 1.50 bits per heavy atom. The second-order valence-corrected chi connectivity index (χ2v) is 5.01. The molecule has 0 heterocycles. The van der Waals surface area contributed by atoms with Crippen molar-refractivity contribution in [1.82, 2.24) is 4.90 Å². The molecule has 1 saturated carbocycles. The summed E-state index contributed by atoms with van der Waals surface area (Å²) in [5.74, 6) is 0.606. The molecule has 82 valence electrons. The molecule has 14 heavy (non-hydrogen) atoms. The predicted molar refractivity (Wildman–Crippen MR) is 55.8 cm³/mol. The summed E-state index contributed by atoms with van der Waals surface area (Å²) in [4.78, 5) is 13.4. The Bertz CT molecular complexity index is 209. The first-order valence-electron chi connectivity index (χ1n) is 5.34. The lowest BCUT2D eigenvalue weighted by Crippen LogP contribution is -2.34. The standard InChI is InChI=1S/C11H21NO2/c1-9(2)6-10(14)12(3)7-11(8-13)4-5-11/h9,13H,4-8H2,1-3H3. The summed E-state index contributed by atoms with van der Waals surface area (Å²) in [7, 11) is 1.83. The SMILES string of the molecule is CC(C)CC(=O)N(C)CC1(CO)CC1. The fourth-order valence-corrected chi connectivity index (χ4v) is 1.64. The second kappa shape index (κ2) is 4.30. The van der Waals surface area contributed by atoms with Crippen molar-refractivity contribution in [2.45, 2.75) is 33.1 Å². The van der Waals surface area contributed by atoms with Gasteiger partial charge in [-0.3, -0.25) is 4.79 Å². The number of aliphatic hydroxyl groups excluding tert-OH is 1. The number of carbonyl (C=O) groups is 1. The van der Waals surface area contributed by atoms with E-state index >= 15 is 0 Å². The monoisotopic (exact) mass is 199 g/mol. The van der Waals surface area contributed by atoms with E-state index in [0.717, 1.165) is 19.4 Å². The molecular weight excluding hydrogens is 178 g/mol. The molecule has 0 aromatic rings. The summed E-state index contributed by atoms with van der Waals surface area (Å²) in [5.41, 5.74) is 0.0430. The zero-order valence-corrected chi connectivity index (χ0v) is 9.42. The molecule has 1 rings (SSSR count). The number of aliphatic hydroxyl groups is 1. The van der Waals surface area contributed by atoms with Crippen LogP contribution in [0.1, 0.15) is 33.1 Å². The highest BCUT2D eigenvalue weighted by Crippen LogP contribution is 2.45. The Labute approximate surface area is 86.1 Å². The number of rotatable bonds is 5. The first kappa shape index (κ1) is 11.5. The van der Waals surface area contributed by atoms with E-state index in [9.17, 15) is 4.79 Å². The highest BCUT2D eigenvalue weighted by atomic mass is 16.3. The number of amides is 1. The molecule has 0 aliphatic heterocycles.